The molecule has 1 aliphatic rings. The van der Waals surface area contributed by atoms with Crippen LogP contribution in [0.15, 0.2) is 24.3 Å². The van der Waals surface area contributed by atoms with E-state index in [-0.39, 0.29) is 63.7 Å². The first-order valence-corrected chi connectivity index (χ1v) is 6.53. The van der Waals surface area contributed by atoms with Crippen LogP contribution in [0.5, 0.6) is 0 Å². The van der Waals surface area contributed by atoms with E-state index in [0.29, 0.717) is 5.56 Å². The van der Waals surface area contributed by atoms with E-state index in [1.54, 1.807) is 4.90 Å². The predicted octanol–water partition coefficient (Wildman–Crippen LogP) is -0.700. The van der Waals surface area contributed by atoms with Crippen LogP contribution in [0.3, 0.4) is 0 Å². The fourth-order valence-corrected chi connectivity index (χ4v) is 2.28. The van der Waals surface area contributed by atoms with Gasteiger partial charge in [0.25, 0.3) is 0 Å². The van der Waals surface area contributed by atoms with E-state index in [2.05, 4.69) is 0 Å². The van der Waals surface area contributed by atoms with Gasteiger partial charge in [-0.15, -0.1) is 5.46 Å². The molecule has 20 heavy (non-hydrogen) atoms. The van der Waals surface area contributed by atoms with Gasteiger partial charge in [0.15, 0.2) is 0 Å². The van der Waals surface area contributed by atoms with Crippen LogP contribution in [0.25, 0.3) is 0 Å². The molecule has 1 aliphatic heterocycles. The van der Waals surface area contributed by atoms with Gasteiger partial charge in [-0.25, -0.2) is 0 Å². The number of amides is 1. The molecule has 0 saturated carbocycles. The van der Waals surface area contributed by atoms with Crippen molar-refractivity contribution in [2.24, 2.45) is 0 Å². The van der Waals surface area contributed by atoms with Crippen LogP contribution in [-0.4, -0.2) is 30.9 Å². The second kappa shape index (κ2) is 7.98. The van der Waals surface area contributed by atoms with Crippen molar-refractivity contribution in [2.75, 3.05) is 13.1 Å². The molecule has 0 atom stereocenters. The first-order valence-electron chi connectivity index (χ1n) is 6.53. The summed E-state index contributed by atoms with van der Waals surface area (Å²) in [5.74, 6) is 0.00460. The Morgan fingerprint density at radius 2 is 1.60 bits per heavy atom. The summed E-state index contributed by atoms with van der Waals surface area (Å²) in [4.78, 5) is 13.8. The maximum absolute atomic E-state index is 12.5. The molecule has 1 saturated heterocycles. The molecule has 104 valence electrons. The Morgan fingerprint density at radius 3 is 2.10 bits per heavy atom. The zero-order valence-electron chi connectivity index (χ0n) is 11.6. The Bertz CT molecular complexity index is 444. The van der Waals surface area contributed by atoms with E-state index in [4.69, 9.17) is 0 Å². The van der Waals surface area contributed by atoms with Gasteiger partial charge in [-0.1, -0.05) is 24.3 Å². The fraction of sp³-hybridized carbons (Fsp3) is 0.462. The Morgan fingerprint density at radius 1 is 1.05 bits per heavy atom. The number of hydrogen-bond donors (Lipinski definition) is 0. The van der Waals surface area contributed by atoms with E-state index in [1.165, 1.54) is 12.1 Å². The Hall–Kier alpha value is 0.181. The van der Waals surface area contributed by atoms with Gasteiger partial charge in [0.2, 0.25) is 5.91 Å². The van der Waals surface area contributed by atoms with Crippen molar-refractivity contribution >= 4 is 18.3 Å². The number of hydrogen-bond acceptors (Lipinski definition) is 1. The Kier molecular flexibility index (Phi) is 7.28. The SMILES string of the molecule is O=C(Cc1ccc([B-](F)(F)F)cc1)N1CCCCC1.[K+]. The molecule has 1 aromatic rings. The second-order valence-electron chi connectivity index (χ2n) is 4.93. The molecular formula is C13H16BF3KNO. The van der Waals surface area contributed by atoms with Crippen LogP contribution in [0, 0.1) is 0 Å². The zero-order chi connectivity index (χ0) is 13.9. The summed E-state index contributed by atoms with van der Waals surface area (Å²) in [5, 5.41) is 0. The van der Waals surface area contributed by atoms with Gasteiger partial charge >= 0.3 is 58.4 Å². The van der Waals surface area contributed by atoms with E-state index >= 15 is 0 Å². The predicted molar refractivity (Wildman–Crippen MR) is 69.3 cm³/mol. The number of carbonyl (C=O) groups excluding carboxylic acids is 1. The van der Waals surface area contributed by atoms with E-state index in [1.807, 2.05) is 0 Å². The average Bonchev–Trinajstić information content (AvgIpc) is 2.39. The molecule has 7 heteroatoms. The fourth-order valence-electron chi connectivity index (χ4n) is 2.28. The van der Waals surface area contributed by atoms with Crippen LogP contribution >= 0.6 is 0 Å². The molecule has 2 rings (SSSR count). The second-order valence-corrected chi connectivity index (χ2v) is 4.93. The van der Waals surface area contributed by atoms with Crippen LogP contribution in [0.2, 0.25) is 0 Å². The summed E-state index contributed by atoms with van der Waals surface area (Å²) in [6, 6.07) is 4.90. The first-order chi connectivity index (χ1) is 8.97. The van der Waals surface area contributed by atoms with Crippen molar-refractivity contribution in [3.63, 3.8) is 0 Å². The van der Waals surface area contributed by atoms with Gasteiger partial charge in [0, 0.05) is 13.1 Å². The van der Waals surface area contributed by atoms with Crippen molar-refractivity contribution in [3.8, 4) is 0 Å². The third-order valence-corrected chi connectivity index (χ3v) is 3.42. The monoisotopic (exact) mass is 309 g/mol. The van der Waals surface area contributed by atoms with Crippen molar-refractivity contribution in [3.05, 3.63) is 29.8 Å². The Balaban J connectivity index is 0.00000200. The minimum absolute atomic E-state index is 0. The number of benzene rings is 1. The molecule has 0 aromatic heterocycles. The van der Waals surface area contributed by atoms with Crippen LogP contribution in [0.4, 0.5) is 12.9 Å². The largest absolute Gasteiger partial charge is 1.00 e. The molecule has 0 radical (unpaired) electrons. The molecular weight excluding hydrogens is 293 g/mol. The third kappa shape index (κ3) is 5.18. The van der Waals surface area contributed by atoms with Crippen molar-refractivity contribution in [1.82, 2.24) is 4.90 Å². The molecule has 0 spiro atoms. The standard InChI is InChI=1S/C13H16BF3NO.K/c15-14(16,17)12-6-4-11(5-7-12)10-13(19)18-8-2-1-3-9-18;/h4-7H,1-3,8-10H2;/q-1;+1. The number of halogens is 3. The van der Waals surface area contributed by atoms with Crippen molar-refractivity contribution in [2.45, 2.75) is 25.7 Å². The normalized spacial score (nSPS) is 15.7. The molecule has 0 N–H and O–H groups in total. The average molecular weight is 309 g/mol. The van der Waals surface area contributed by atoms with Crippen molar-refractivity contribution < 1.29 is 69.1 Å². The Labute approximate surface area is 159 Å². The summed E-state index contributed by atoms with van der Waals surface area (Å²) in [6.07, 6.45) is 3.36. The van der Waals surface area contributed by atoms with Crippen molar-refractivity contribution in [1.29, 1.82) is 0 Å². The number of rotatable bonds is 3. The molecule has 0 aliphatic carbocycles. The van der Waals surface area contributed by atoms with E-state index < -0.39 is 12.4 Å². The molecule has 1 aromatic carbocycles. The molecule has 1 amide bonds. The maximum Gasteiger partial charge on any atom is 1.00 e. The van der Waals surface area contributed by atoms with E-state index in [9.17, 15) is 17.7 Å². The van der Waals surface area contributed by atoms with Gasteiger partial charge in [0.1, 0.15) is 0 Å². The summed E-state index contributed by atoms with van der Waals surface area (Å²) in [5.41, 5.74) is 0.0218. The van der Waals surface area contributed by atoms with E-state index in [0.717, 1.165) is 44.5 Å². The summed E-state index contributed by atoms with van der Waals surface area (Å²) in [7, 11) is 0. The molecule has 1 heterocycles. The first kappa shape index (κ1) is 18.2. The van der Waals surface area contributed by atoms with Gasteiger partial charge in [0.05, 0.1) is 6.42 Å². The molecule has 0 unspecified atom stereocenters. The smallest absolute Gasteiger partial charge is 0.445 e. The third-order valence-electron chi connectivity index (χ3n) is 3.42. The van der Waals surface area contributed by atoms with Crippen LogP contribution in [-0.2, 0) is 11.2 Å². The van der Waals surface area contributed by atoms with Gasteiger partial charge < -0.3 is 17.8 Å². The quantitative estimate of drug-likeness (QED) is 0.676. The van der Waals surface area contributed by atoms with Gasteiger partial charge in [-0.3, -0.25) is 4.79 Å². The zero-order valence-corrected chi connectivity index (χ0v) is 14.7. The topological polar surface area (TPSA) is 20.3 Å². The summed E-state index contributed by atoms with van der Waals surface area (Å²) < 4.78 is 37.4. The summed E-state index contributed by atoms with van der Waals surface area (Å²) >= 11 is 0. The molecule has 2 nitrogen and oxygen atoms in total. The minimum atomic E-state index is -4.95. The van der Waals surface area contributed by atoms with Gasteiger partial charge in [-0.2, -0.15) is 0 Å². The number of likely N-dealkylation sites (tertiary alicyclic amines) is 1. The van der Waals surface area contributed by atoms with Crippen LogP contribution < -0.4 is 56.8 Å². The molecule has 1 fully saturated rings. The minimum Gasteiger partial charge on any atom is -0.445 e. The number of piperidine rings is 1. The van der Waals surface area contributed by atoms with Crippen LogP contribution in [0.1, 0.15) is 24.8 Å². The summed E-state index contributed by atoms with van der Waals surface area (Å²) in [6.45, 7) is -3.42. The number of nitrogens with zero attached hydrogens (tertiary/aromatic N) is 1. The maximum atomic E-state index is 12.5. The molecule has 0 bridgehead atoms. The number of carbonyl (C=O) groups is 1. The van der Waals surface area contributed by atoms with Gasteiger partial charge in [-0.05, 0) is 24.8 Å².